The molecule has 1 aliphatic rings. The molecule has 0 heterocycles. The van der Waals surface area contributed by atoms with Gasteiger partial charge in [-0.2, -0.15) is 0 Å². The second kappa shape index (κ2) is 5.73. The molecule has 2 atom stereocenters. The predicted octanol–water partition coefficient (Wildman–Crippen LogP) is 3.14. The molecule has 2 aromatic rings. The molecular formula is C17H18FNO. The van der Waals surface area contributed by atoms with Crippen molar-refractivity contribution in [1.82, 2.24) is 5.32 Å². The van der Waals surface area contributed by atoms with E-state index in [1.54, 1.807) is 6.07 Å². The molecule has 0 saturated carbocycles. The van der Waals surface area contributed by atoms with E-state index in [1.165, 1.54) is 6.07 Å². The molecule has 0 amide bonds. The van der Waals surface area contributed by atoms with Crippen molar-refractivity contribution in [2.45, 2.75) is 25.0 Å². The fourth-order valence-electron chi connectivity index (χ4n) is 2.87. The number of hydrogen-bond acceptors (Lipinski definition) is 2. The van der Waals surface area contributed by atoms with Crippen LogP contribution in [0, 0.1) is 5.82 Å². The third kappa shape index (κ3) is 2.60. The molecule has 0 aliphatic heterocycles. The maximum Gasteiger partial charge on any atom is 0.126 e. The van der Waals surface area contributed by atoms with Crippen LogP contribution in [0.15, 0.2) is 48.5 Å². The Morgan fingerprint density at radius 1 is 1.15 bits per heavy atom. The van der Waals surface area contributed by atoms with Gasteiger partial charge in [0.25, 0.3) is 0 Å². The lowest BCUT2D eigenvalue weighted by molar-refractivity contribution is 0.169. The van der Waals surface area contributed by atoms with Crippen molar-refractivity contribution in [3.8, 4) is 0 Å². The molecule has 3 heteroatoms. The fraction of sp³-hybridized carbons (Fsp3) is 0.294. The lowest BCUT2D eigenvalue weighted by atomic mass is 10.1. The van der Waals surface area contributed by atoms with E-state index in [-0.39, 0.29) is 11.9 Å². The summed E-state index contributed by atoms with van der Waals surface area (Å²) in [5, 5.41) is 13.5. The van der Waals surface area contributed by atoms with Crippen LogP contribution >= 0.6 is 0 Å². The third-order valence-corrected chi connectivity index (χ3v) is 3.96. The van der Waals surface area contributed by atoms with Crippen molar-refractivity contribution < 1.29 is 9.50 Å². The molecule has 2 N–H and O–H groups in total. The molecule has 0 radical (unpaired) electrons. The van der Waals surface area contributed by atoms with Gasteiger partial charge in [0.05, 0.1) is 6.10 Å². The normalized spacial score (nSPS) is 18.8. The average Bonchev–Trinajstić information content (AvgIpc) is 2.90. The lowest BCUT2D eigenvalue weighted by Gasteiger charge is -2.17. The molecule has 2 aromatic carbocycles. The van der Waals surface area contributed by atoms with E-state index in [0.717, 1.165) is 29.5 Å². The first-order valence-electron chi connectivity index (χ1n) is 6.99. The van der Waals surface area contributed by atoms with Crippen LogP contribution in [-0.2, 0) is 6.42 Å². The van der Waals surface area contributed by atoms with Crippen LogP contribution < -0.4 is 5.32 Å². The zero-order valence-electron chi connectivity index (χ0n) is 11.2. The van der Waals surface area contributed by atoms with Gasteiger partial charge in [-0.05, 0) is 35.6 Å². The topological polar surface area (TPSA) is 32.3 Å². The van der Waals surface area contributed by atoms with Gasteiger partial charge in [-0.3, -0.25) is 0 Å². The van der Waals surface area contributed by atoms with E-state index in [2.05, 4.69) is 5.32 Å². The van der Waals surface area contributed by atoms with Gasteiger partial charge in [-0.15, -0.1) is 0 Å². The monoisotopic (exact) mass is 271 g/mol. The number of benzene rings is 2. The quantitative estimate of drug-likeness (QED) is 0.895. The summed E-state index contributed by atoms with van der Waals surface area (Å²) in [6.45, 7) is 0.477. The average molecular weight is 271 g/mol. The first-order chi connectivity index (χ1) is 9.75. The summed E-state index contributed by atoms with van der Waals surface area (Å²) in [4.78, 5) is 0. The van der Waals surface area contributed by atoms with Gasteiger partial charge >= 0.3 is 0 Å². The minimum atomic E-state index is -0.534. The molecule has 2 nitrogen and oxygen atoms in total. The summed E-state index contributed by atoms with van der Waals surface area (Å²) in [5.41, 5.74) is 2.75. The standard InChI is InChI=1S/C17H18FNO/c18-15-8-4-7-14-13(15)9-10-16(14)19-11-17(20)12-5-2-1-3-6-12/h1-8,16-17,19-20H,9-11H2. The van der Waals surface area contributed by atoms with Crippen LogP contribution in [-0.4, -0.2) is 11.7 Å². The molecule has 20 heavy (non-hydrogen) atoms. The molecule has 0 bridgehead atoms. The van der Waals surface area contributed by atoms with Crippen molar-refractivity contribution in [2.75, 3.05) is 6.54 Å². The van der Waals surface area contributed by atoms with Crippen LogP contribution in [0.25, 0.3) is 0 Å². The molecule has 3 rings (SSSR count). The number of hydrogen-bond donors (Lipinski definition) is 2. The minimum absolute atomic E-state index is 0.115. The molecule has 0 saturated heterocycles. The second-order valence-corrected chi connectivity index (χ2v) is 5.23. The van der Waals surface area contributed by atoms with E-state index in [4.69, 9.17) is 0 Å². The number of rotatable bonds is 4. The highest BCUT2D eigenvalue weighted by atomic mass is 19.1. The smallest absolute Gasteiger partial charge is 0.126 e. The molecule has 0 spiro atoms. The highest BCUT2D eigenvalue weighted by Crippen LogP contribution is 2.32. The molecule has 104 valence electrons. The highest BCUT2D eigenvalue weighted by Gasteiger charge is 2.24. The Bertz CT molecular complexity index is 585. The highest BCUT2D eigenvalue weighted by molar-refractivity contribution is 5.35. The van der Waals surface area contributed by atoms with Crippen LogP contribution in [0.3, 0.4) is 0 Å². The zero-order chi connectivity index (χ0) is 13.9. The van der Waals surface area contributed by atoms with Gasteiger partial charge in [-0.1, -0.05) is 42.5 Å². The summed E-state index contributed by atoms with van der Waals surface area (Å²) in [7, 11) is 0. The van der Waals surface area contributed by atoms with Crippen LogP contribution in [0.1, 0.15) is 35.3 Å². The Morgan fingerprint density at radius 3 is 2.75 bits per heavy atom. The van der Waals surface area contributed by atoms with Gasteiger partial charge in [0.15, 0.2) is 0 Å². The van der Waals surface area contributed by atoms with Crippen LogP contribution in [0.5, 0.6) is 0 Å². The Hall–Kier alpha value is -1.71. The van der Waals surface area contributed by atoms with Gasteiger partial charge < -0.3 is 10.4 Å². The van der Waals surface area contributed by atoms with Crippen molar-refractivity contribution in [3.05, 3.63) is 71.0 Å². The van der Waals surface area contributed by atoms with E-state index >= 15 is 0 Å². The maximum absolute atomic E-state index is 13.7. The molecule has 0 fully saturated rings. The second-order valence-electron chi connectivity index (χ2n) is 5.23. The van der Waals surface area contributed by atoms with Gasteiger partial charge in [0.2, 0.25) is 0 Å². The number of nitrogens with one attached hydrogen (secondary N) is 1. The molecule has 2 unspecified atom stereocenters. The Kier molecular flexibility index (Phi) is 3.81. The number of halogens is 1. The summed E-state index contributed by atoms with van der Waals surface area (Å²) in [6.07, 6.45) is 1.12. The van der Waals surface area contributed by atoms with E-state index < -0.39 is 6.10 Å². The van der Waals surface area contributed by atoms with Crippen molar-refractivity contribution in [3.63, 3.8) is 0 Å². The Balaban J connectivity index is 1.65. The summed E-state index contributed by atoms with van der Waals surface area (Å²) in [6, 6.07) is 15.0. The maximum atomic E-state index is 13.7. The van der Waals surface area contributed by atoms with E-state index in [1.807, 2.05) is 36.4 Å². The third-order valence-electron chi connectivity index (χ3n) is 3.96. The first-order valence-corrected chi connectivity index (χ1v) is 6.99. The summed E-state index contributed by atoms with van der Waals surface area (Å²) >= 11 is 0. The van der Waals surface area contributed by atoms with E-state index in [9.17, 15) is 9.50 Å². The number of fused-ring (bicyclic) bond motifs is 1. The van der Waals surface area contributed by atoms with Crippen molar-refractivity contribution >= 4 is 0 Å². The molecule has 1 aliphatic carbocycles. The SMILES string of the molecule is OC(CNC1CCc2c(F)cccc21)c1ccccc1. The van der Waals surface area contributed by atoms with Gasteiger partial charge in [-0.25, -0.2) is 4.39 Å². The summed E-state index contributed by atoms with van der Waals surface area (Å²) in [5.74, 6) is -0.115. The number of aliphatic hydroxyl groups excluding tert-OH is 1. The van der Waals surface area contributed by atoms with Gasteiger partial charge in [0.1, 0.15) is 5.82 Å². The predicted molar refractivity (Wildman–Crippen MR) is 76.9 cm³/mol. The lowest BCUT2D eigenvalue weighted by Crippen LogP contribution is -2.25. The van der Waals surface area contributed by atoms with Gasteiger partial charge in [0, 0.05) is 12.6 Å². The zero-order valence-corrected chi connectivity index (χ0v) is 11.2. The first kappa shape index (κ1) is 13.3. The molecular weight excluding hydrogens is 253 g/mol. The van der Waals surface area contributed by atoms with Crippen molar-refractivity contribution in [1.29, 1.82) is 0 Å². The Morgan fingerprint density at radius 2 is 1.95 bits per heavy atom. The number of aliphatic hydroxyl groups is 1. The fourth-order valence-corrected chi connectivity index (χ4v) is 2.87. The largest absolute Gasteiger partial charge is 0.387 e. The minimum Gasteiger partial charge on any atom is -0.387 e. The van der Waals surface area contributed by atoms with E-state index in [0.29, 0.717) is 6.54 Å². The van der Waals surface area contributed by atoms with Crippen LogP contribution in [0.4, 0.5) is 4.39 Å². The van der Waals surface area contributed by atoms with Crippen LogP contribution in [0.2, 0.25) is 0 Å². The summed E-state index contributed by atoms with van der Waals surface area (Å²) < 4.78 is 13.7. The van der Waals surface area contributed by atoms with Crippen molar-refractivity contribution in [2.24, 2.45) is 0 Å². The Labute approximate surface area is 118 Å². The molecule has 0 aromatic heterocycles.